The van der Waals surface area contributed by atoms with E-state index in [1.54, 1.807) is 37.4 Å². The first-order valence-corrected chi connectivity index (χ1v) is 6.16. The van der Waals surface area contributed by atoms with E-state index in [0.717, 1.165) is 11.1 Å². The van der Waals surface area contributed by atoms with Crippen molar-refractivity contribution < 1.29 is 9.53 Å². The van der Waals surface area contributed by atoms with E-state index >= 15 is 0 Å². The van der Waals surface area contributed by atoms with E-state index in [9.17, 15) is 4.79 Å². The Kier molecular flexibility index (Phi) is 4.07. The van der Waals surface area contributed by atoms with Crippen LogP contribution in [-0.2, 0) is 0 Å². The summed E-state index contributed by atoms with van der Waals surface area (Å²) in [5.74, 6) is 3.13. The number of nitrogens with one attached hydrogen (secondary N) is 1. The highest BCUT2D eigenvalue weighted by Gasteiger charge is 2.07. The lowest BCUT2D eigenvalue weighted by Crippen LogP contribution is -2.11. The minimum absolute atomic E-state index is 0.181. The number of benzene rings is 2. The Labute approximate surface area is 118 Å². The van der Waals surface area contributed by atoms with Crippen LogP contribution in [0.4, 0.5) is 5.69 Å². The molecule has 0 heterocycles. The van der Waals surface area contributed by atoms with Gasteiger partial charge >= 0.3 is 0 Å². The molecule has 3 nitrogen and oxygen atoms in total. The largest absolute Gasteiger partial charge is 0.497 e. The molecule has 2 aromatic rings. The van der Waals surface area contributed by atoms with Crippen molar-refractivity contribution in [1.82, 2.24) is 0 Å². The summed E-state index contributed by atoms with van der Waals surface area (Å²) in [6.07, 6.45) is 5.42. The standard InChI is InChI=1S/C17H15NO2/c1-4-13-11-15(8-5-12(13)2)18-17(19)14-6-9-16(20-3)10-7-14/h1,5-11H,2-3H3,(H,18,19). The predicted octanol–water partition coefficient (Wildman–Crippen LogP) is 3.24. The van der Waals surface area contributed by atoms with Crippen molar-refractivity contribution in [2.24, 2.45) is 0 Å². The smallest absolute Gasteiger partial charge is 0.255 e. The first-order chi connectivity index (χ1) is 9.63. The highest BCUT2D eigenvalue weighted by atomic mass is 16.5. The van der Waals surface area contributed by atoms with Crippen molar-refractivity contribution >= 4 is 11.6 Å². The maximum Gasteiger partial charge on any atom is 0.255 e. The average molecular weight is 265 g/mol. The van der Waals surface area contributed by atoms with Crippen molar-refractivity contribution in [3.8, 4) is 18.1 Å². The molecule has 100 valence electrons. The highest BCUT2D eigenvalue weighted by Crippen LogP contribution is 2.16. The lowest BCUT2D eigenvalue weighted by atomic mass is 10.1. The molecule has 20 heavy (non-hydrogen) atoms. The fourth-order valence-corrected chi connectivity index (χ4v) is 1.80. The third-order valence-electron chi connectivity index (χ3n) is 3.00. The van der Waals surface area contributed by atoms with Crippen LogP contribution in [0.3, 0.4) is 0 Å². The molecule has 0 aliphatic heterocycles. The van der Waals surface area contributed by atoms with Crippen LogP contribution in [-0.4, -0.2) is 13.0 Å². The molecule has 0 aliphatic carbocycles. The van der Waals surface area contributed by atoms with E-state index < -0.39 is 0 Å². The van der Waals surface area contributed by atoms with Crippen molar-refractivity contribution in [2.45, 2.75) is 6.92 Å². The number of anilines is 1. The van der Waals surface area contributed by atoms with Gasteiger partial charge in [0.15, 0.2) is 0 Å². The van der Waals surface area contributed by atoms with Gasteiger partial charge in [0.2, 0.25) is 0 Å². The summed E-state index contributed by atoms with van der Waals surface area (Å²) in [6, 6.07) is 12.4. The average Bonchev–Trinajstić information content (AvgIpc) is 2.49. The SMILES string of the molecule is C#Cc1cc(NC(=O)c2ccc(OC)cc2)ccc1C. The van der Waals surface area contributed by atoms with E-state index in [-0.39, 0.29) is 5.91 Å². The molecule has 0 bridgehead atoms. The molecule has 0 saturated carbocycles. The van der Waals surface area contributed by atoms with Gasteiger partial charge in [0.05, 0.1) is 7.11 Å². The Morgan fingerprint density at radius 2 is 1.90 bits per heavy atom. The molecule has 2 rings (SSSR count). The lowest BCUT2D eigenvalue weighted by Gasteiger charge is -2.08. The van der Waals surface area contributed by atoms with E-state index in [0.29, 0.717) is 17.0 Å². The Morgan fingerprint density at radius 1 is 1.20 bits per heavy atom. The van der Waals surface area contributed by atoms with Gasteiger partial charge in [-0.2, -0.15) is 0 Å². The van der Waals surface area contributed by atoms with E-state index in [1.807, 2.05) is 19.1 Å². The summed E-state index contributed by atoms with van der Waals surface area (Å²) >= 11 is 0. The fourth-order valence-electron chi connectivity index (χ4n) is 1.80. The van der Waals surface area contributed by atoms with Crippen LogP contribution in [0.1, 0.15) is 21.5 Å². The highest BCUT2D eigenvalue weighted by molar-refractivity contribution is 6.04. The molecule has 3 heteroatoms. The number of carbonyl (C=O) groups is 1. The first kappa shape index (κ1) is 13.7. The zero-order chi connectivity index (χ0) is 14.5. The Balaban J connectivity index is 2.17. The Hall–Kier alpha value is -2.73. The number of carbonyl (C=O) groups excluding carboxylic acids is 1. The number of aryl methyl sites for hydroxylation is 1. The molecule has 1 N–H and O–H groups in total. The summed E-state index contributed by atoms with van der Waals surface area (Å²) in [4.78, 5) is 12.1. The summed E-state index contributed by atoms with van der Waals surface area (Å²) in [6.45, 7) is 1.93. The molecule has 0 atom stereocenters. The van der Waals surface area contributed by atoms with Crippen LogP contribution in [0.25, 0.3) is 0 Å². The van der Waals surface area contributed by atoms with Gasteiger partial charge in [-0.1, -0.05) is 12.0 Å². The molecule has 0 saturated heterocycles. The second kappa shape index (κ2) is 5.94. The van der Waals surface area contributed by atoms with Crippen LogP contribution >= 0.6 is 0 Å². The summed E-state index contributed by atoms with van der Waals surface area (Å²) in [7, 11) is 1.59. The molecular weight excluding hydrogens is 250 g/mol. The van der Waals surface area contributed by atoms with Gasteiger partial charge in [-0.3, -0.25) is 4.79 Å². The van der Waals surface area contributed by atoms with E-state index in [2.05, 4.69) is 11.2 Å². The predicted molar refractivity (Wildman–Crippen MR) is 80.1 cm³/mol. The minimum Gasteiger partial charge on any atom is -0.497 e. The maximum absolute atomic E-state index is 12.1. The molecule has 2 aromatic carbocycles. The normalized spacial score (nSPS) is 9.65. The van der Waals surface area contributed by atoms with Crippen LogP contribution in [0, 0.1) is 19.3 Å². The Morgan fingerprint density at radius 3 is 2.50 bits per heavy atom. The molecule has 0 fully saturated rings. The number of terminal acetylenes is 1. The molecule has 1 amide bonds. The molecule has 0 unspecified atom stereocenters. The molecule has 0 aliphatic rings. The van der Waals surface area contributed by atoms with Crippen molar-refractivity contribution in [3.63, 3.8) is 0 Å². The van der Waals surface area contributed by atoms with Gasteiger partial charge in [-0.05, 0) is 48.9 Å². The van der Waals surface area contributed by atoms with Crippen molar-refractivity contribution in [2.75, 3.05) is 12.4 Å². The van der Waals surface area contributed by atoms with Gasteiger partial charge < -0.3 is 10.1 Å². The van der Waals surface area contributed by atoms with E-state index in [1.165, 1.54) is 0 Å². The molecule has 0 radical (unpaired) electrons. The topological polar surface area (TPSA) is 38.3 Å². The molecule has 0 aromatic heterocycles. The fraction of sp³-hybridized carbons (Fsp3) is 0.118. The van der Waals surface area contributed by atoms with Gasteiger partial charge in [-0.15, -0.1) is 6.42 Å². The summed E-state index contributed by atoms with van der Waals surface area (Å²) in [5, 5.41) is 2.82. The van der Waals surface area contributed by atoms with Crippen molar-refractivity contribution in [3.05, 3.63) is 59.2 Å². The number of hydrogen-bond donors (Lipinski definition) is 1. The monoisotopic (exact) mass is 265 g/mol. The molecular formula is C17H15NO2. The first-order valence-electron chi connectivity index (χ1n) is 6.16. The van der Waals surface area contributed by atoms with E-state index in [4.69, 9.17) is 11.2 Å². The van der Waals surface area contributed by atoms with Gasteiger partial charge in [-0.25, -0.2) is 0 Å². The number of methoxy groups -OCH3 is 1. The Bertz CT molecular complexity index is 666. The zero-order valence-electron chi connectivity index (χ0n) is 11.4. The molecule has 0 spiro atoms. The van der Waals surface area contributed by atoms with Crippen molar-refractivity contribution in [1.29, 1.82) is 0 Å². The van der Waals surface area contributed by atoms with Gasteiger partial charge in [0, 0.05) is 16.8 Å². The van der Waals surface area contributed by atoms with Crippen LogP contribution in [0.5, 0.6) is 5.75 Å². The van der Waals surface area contributed by atoms with Crippen LogP contribution in [0.15, 0.2) is 42.5 Å². The number of rotatable bonds is 3. The minimum atomic E-state index is -0.181. The van der Waals surface area contributed by atoms with Crippen LogP contribution < -0.4 is 10.1 Å². The third kappa shape index (κ3) is 2.99. The third-order valence-corrected chi connectivity index (χ3v) is 3.00. The number of amides is 1. The summed E-state index contributed by atoms with van der Waals surface area (Å²) < 4.78 is 5.06. The second-order valence-corrected chi connectivity index (χ2v) is 4.36. The number of hydrogen-bond acceptors (Lipinski definition) is 2. The number of ether oxygens (including phenoxy) is 1. The zero-order valence-corrected chi connectivity index (χ0v) is 11.4. The lowest BCUT2D eigenvalue weighted by molar-refractivity contribution is 0.102. The second-order valence-electron chi connectivity index (χ2n) is 4.36. The van der Waals surface area contributed by atoms with Gasteiger partial charge in [0.1, 0.15) is 5.75 Å². The maximum atomic E-state index is 12.1. The van der Waals surface area contributed by atoms with Gasteiger partial charge in [0.25, 0.3) is 5.91 Å². The van der Waals surface area contributed by atoms with Crippen LogP contribution in [0.2, 0.25) is 0 Å². The quantitative estimate of drug-likeness (QED) is 0.865. The summed E-state index contributed by atoms with van der Waals surface area (Å²) in [5.41, 5.74) is 3.03.